The highest BCUT2D eigenvalue weighted by Gasteiger charge is 2.16. The maximum Gasteiger partial charge on any atom is 0.234 e. The number of rotatable bonds is 7. The highest BCUT2D eigenvalue weighted by molar-refractivity contribution is 7.99. The third-order valence-corrected chi connectivity index (χ3v) is 4.42. The molecule has 27 heavy (non-hydrogen) atoms. The number of carbonyl (C=O) groups is 1. The van der Waals surface area contributed by atoms with Crippen LogP contribution in [0.3, 0.4) is 0 Å². The highest BCUT2D eigenvalue weighted by Crippen LogP contribution is 2.23. The number of amides is 1. The largest absolute Gasteiger partial charge is 0.325 e. The molecule has 1 aromatic carbocycles. The molecule has 3 aromatic rings. The predicted octanol–water partition coefficient (Wildman–Crippen LogP) is 3.54. The molecule has 9 heteroatoms. The molecule has 0 aliphatic rings. The van der Waals surface area contributed by atoms with Crippen molar-refractivity contribution in [3.05, 3.63) is 66.9 Å². The Morgan fingerprint density at radius 3 is 2.78 bits per heavy atom. The molecule has 0 aliphatic heterocycles. The second-order valence-corrected chi connectivity index (χ2v) is 6.33. The van der Waals surface area contributed by atoms with Gasteiger partial charge in [-0.2, -0.15) is 0 Å². The molecule has 0 fully saturated rings. The Bertz CT molecular complexity index is 962. The second-order valence-electron chi connectivity index (χ2n) is 5.39. The van der Waals surface area contributed by atoms with Gasteiger partial charge in [-0.1, -0.05) is 23.9 Å². The van der Waals surface area contributed by atoms with Gasteiger partial charge < -0.3 is 5.32 Å². The summed E-state index contributed by atoms with van der Waals surface area (Å²) in [5, 5.41) is 11.3. The van der Waals surface area contributed by atoms with Crippen molar-refractivity contribution >= 4 is 23.4 Å². The van der Waals surface area contributed by atoms with Gasteiger partial charge in [-0.05, 0) is 24.3 Å². The molecule has 0 unspecified atom stereocenters. The van der Waals surface area contributed by atoms with Gasteiger partial charge in [0.25, 0.3) is 0 Å². The molecule has 0 aliphatic carbocycles. The zero-order valence-corrected chi connectivity index (χ0v) is 14.9. The summed E-state index contributed by atoms with van der Waals surface area (Å²) < 4.78 is 28.0. The Morgan fingerprint density at radius 2 is 2.07 bits per heavy atom. The topological polar surface area (TPSA) is 72.7 Å². The average Bonchev–Trinajstić information content (AvgIpc) is 3.07. The lowest BCUT2D eigenvalue weighted by Crippen LogP contribution is -2.15. The molecule has 0 saturated carbocycles. The Morgan fingerprint density at radius 1 is 1.22 bits per heavy atom. The summed E-state index contributed by atoms with van der Waals surface area (Å²) in [6.07, 6.45) is 3.35. The number of pyridine rings is 1. The number of nitrogens with zero attached hydrogens (tertiary/aromatic N) is 4. The van der Waals surface area contributed by atoms with Crippen LogP contribution in [0.5, 0.6) is 0 Å². The molecule has 0 radical (unpaired) electrons. The Kier molecular flexibility index (Phi) is 5.92. The first-order valence-electron chi connectivity index (χ1n) is 7.91. The van der Waals surface area contributed by atoms with E-state index in [-0.39, 0.29) is 17.3 Å². The lowest BCUT2D eigenvalue weighted by atomic mass is 10.3. The first-order chi connectivity index (χ1) is 13.1. The lowest BCUT2D eigenvalue weighted by Gasteiger charge is -2.08. The van der Waals surface area contributed by atoms with Crippen molar-refractivity contribution in [3.63, 3.8) is 0 Å². The van der Waals surface area contributed by atoms with E-state index in [4.69, 9.17) is 0 Å². The van der Waals surface area contributed by atoms with Gasteiger partial charge in [0.1, 0.15) is 5.69 Å². The fourth-order valence-corrected chi connectivity index (χ4v) is 3.02. The van der Waals surface area contributed by atoms with E-state index in [9.17, 15) is 13.6 Å². The van der Waals surface area contributed by atoms with Crippen LogP contribution in [-0.4, -0.2) is 31.4 Å². The summed E-state index contributed by atoms with van der Waals surface area (Å²) in [5.74, 6) is -1.78. The minimum absolute atomic E-state index is 0.0243. The number of aromatic nitrogens is 4. The molecule has 1 amide bonds. The van der Waals surface area contributed by atoms with E-state index in [1.54, 1.807) is 22.9 Å². The van der Waals surface area contributed by atoms with Crippen LogP contribution in [0.25, 0.3) is 11.5 Å². The van der Waals surface area contributed by atoms with E-state index in [0.29, 0.717) is 23.2 Å². The van der Waals surface area contributed by atoms with Crippen molar-refractivity contribution in [1.82, 2.24) is 19.7 Å². The maximum atomic E-state index is 13.2. The SMILES string of the molecule is C=CCn1c(SCC(=O)Nc2ccc(F)c(F)c2)nnc1-c1ccccn1. The van der Waals surface area contributed by atoms with E-state index in [0.717, 1.165) is 12.1 Å². The zero-order chi connectivity index (χ0) is 19.2. The van der Waals surface area contributed by atoms with Crippen molar-refractivity contribution < 1.29 is 13.6 Å². The molecule has 2 aromatic heterocycles. The van der Waals surface area contributed by atoms with Gasteiger partial charge in [0.15, 0.2) is 22.6 Å². The Labute approximate surface area is 158 Å². The number of nitrogens with one attached hydrogen (secondary N) is 1. The van der Waals surface area contributed by atoms with Gasteiger partial charge in [0.05, 0.1) is 5.75 Å². The van der Waals surface area contributed by atoms with Gasteiger partial charge >= 0.3 is 0 Å². The minimum Gasteiger partial charge on any atom is -0.325 e. The summed E-state index contributed by atoms with van der Waals surface area (Å²) in [6.45, 7) is 4.18. The normalized spacial score (nSPS) is 10.6. The van der Waals surface area contributed by atoms with Crippen molar-refractivity contribution in [1.29, 1.82) is 0 Å². The van der Waals surface area contributed by atoms with Crippen molar-refractivity contribution in [2.75, 3.05) is 11.1 Å². The quantitative estimate of drug-likeness (QED) is 0.496. The molecule has 3 rings (SSSR count). The number of anilines is 1. The van der Waals surface area contributed by atoms with E-state index in [2.05, 4.69) is 27.1 Å². The van der Waals surface area contributed by atoms with Gasteiger partial charge in [0, 0.05) is 24.5 Å². The van der Waals surface area contributed by atoms with Gasteiger partial charge in [-0.3, -0.25) is 14.3 Å². The molecule has 1 N–H and O–H groups in total. The smallest absolute Gasteiger partial charge is 0.234 e. The summed E-state index contributed by atoms with van der Waals surface area (Å²) in [6, 6.07) is 8.64. The predicted molar refractivity (Wildman–Crippen MR) is 99.2 cm³/mol. The van der Waals surface area contributed by atoms with Crippen molar-refractivity contribution in [2.24, 2.45) is 0 Å². The third kappa shape index (κ3) is 4.56. The van der Waals surface area contributed by atoms with Gasteiger partial charge in [-0.25, -0.2) is 8.78 Å². The Hall–Kier alpha value is -3.07. The summed E-state index contributed by atoms with van der Waals surface area (Å²) in [5.41, 5.74) is 0.839. The molecule has 0 atom stereocenters. The molecule has 6 nitrogen and oxygen atoms in total. The molecule has 0 bridgehead atoms. The average molecular weight is 387 g/mol. The van der Waals surface area contributed by atoms with E-state index in [1.807, 2.05) is 12.1 Å². The summed E-state index contributed by atoms with van der Waals surface area (Å²) in [7, 11) is 0. The number of benzene rings is 1. The maximum absolute atomic E-state index is 13.2. The lowest BCUT2D eigenvalue weighted by molar-refractivity contribution is -0.113. The van der Waals surface area contributed by atoms with Crippen LogP contribution in [0.4, 0.5) is 14.5 Å². The van der Waals surface area contributed by atoms with Crippen LogP contribution >= 0.6 is 11.8 Å². The fraction of sp³-hybridized carbons (Fsp3) is 0.111. The molecular weight excluding hydrogens is 372 g/mol. The van der Waals surface area contributed by atoms with Crippen LogP contribution in [0, 0.1) is 11.6 Å². The fourth-order valence-electron chi connectivity index (χ4n) is 2.27. The number of allylic oxidation sites excluding steroid dienone is 1. The molecule has 0 spiro atoms. The summed E-state index contributed by atoms with van der Waals surface area (Å²) in [4.78, 5) is 16.3. The first kappa shape index (κ1) is 18.7. The third-order valence-electron chi connectivity index (χ3n) is 3.46. The monoisotopic (exact) mass is 387 g/mol. The Balaban J connectivity index is 1.70. The summed E-state index contributed by atoms with van der Waals surface area (Å²) >= 11 is 1.17. The number of thioether (sulfide) groups is 1. The van der Waals surface area contributed by atoms with Crippen molar-refractivity contribution in [3.8, 4) is 11.5 Å². The second kappa shape index (κ2) is 8.54. The minimum atomic E-state index is -1.02. The zero-order valence-electron chi connectivity index (χ0n) is 14.1. The van der Waals surface area contributed by atoms with Crippen LogP contribution in [0.2, 0.25) is 0 Å². The van der Waals surface area contributed by atoms with Crippen molar-refractivity contribution in [2.45, 2.75) is 11.7 Å². The van der Waals surface area contributed by atoms with Crippen LogP contribution < -0.4 is 5.32 Å². The molecule has 0 saturated heterocycles. The molecule has 138 valence electrons. The number of halogens is 2. The molecule has 2 heterocycles. The van der Waals surface area contributed by atoms with Crippen LogP contribution in [0.1, 0.15) is 0 Å². The number of carbonyl (C=O) groups excluding carboxylic acids is 1. The van der Waals surface area contributed by atoms with Gasteiger partial charge in [0.2, 0.25) is 5.91 Å². The van der Waals surface area contributed by atoms with Crippen LogP contribution in [-0.2, 0) is 11.3 Å². The molecular formula is C18H15F2N5OS. The van der Waals surface area contributed by atoms with Crippen LogP contribution in [0.15, 0.2) is 60.4 Å². The van der Waals surface area contributed by atoms with Gasteiger partial charge in [-0.15, -0.1) is 16.8 Å². The number of hydrogen-bond donors (Lipinski definition) is 1. The van der Waals surface area contributed by atoms with E-state index >= 15 is 0 Å². The standard InChI is InChI=1S/C18H15F2N5OS/c1-2-9-25-17(15-5-3-4-8-21-15)23-24-18(25)27-11-16(26)22-12-6-7-13(19)14(20)10-12/h2-8,10H,1,9,11H2,(H,22,26). The first-order valence-corrected chi connectivity index (χ1v) is 8.90. The number of hydrogen-bond acceptors (Lipinski definition) is 5. The van der Waals surface area contributed by atoms with E-state index < -0.39 is 11.6 Å². The highest BCUT2D eigenvalue weighted by atomic mass is 32.2. The van der Waals surface area contributed by atoms with E-state index in [1.165, 1.54) is 17.8 Å².